The van der Waals surface area contributed by atoms with Crippen LogP contribution in [0.4, 0.5) is 4.39 Å². The van der Waals surface area contributed by atoms with Gasteiger partial charge in [-0.15, -0.1) is 0 Å². The van der Waals surface area contributed by atoms with E-state index in [-0.39, 0.29) is 18.2 Å². The highest BCUT2D eigenvalue weighted by Crippen LogP contribution is 2.25. The van der Waals surface area contributed by atoms with E-state index >= 15 is 0 Å². The maximum atomic E-state index is 13.0. The monoisotopic (exact) mass is 338 g/mol. The summed E-state index contributed by atoms with van der Waals surface area (Å²) in [5, 5.41) is 0.496. The van der Waals surface area contributed by atoms with Crippen molar-refractivity contribution in [1.82, 2.24) is 0 Å². The first kappa shape index (κ1) is 12.6. The Bertz CT molecular complexity index is 380. The Labute approximate surface area is 104 Å². The van der Waals surface area contributed by atoms with Crippen LogP contribution in [-0.4, -0.2) is 13.1 Å². The van der Waals surface area contributed by atoms with E-state index in [1.807, 2.05) is 0 Å². The zero-order valence-electron chi connectivity index (χ0n) is 8.02. The van der Waals surface area contributed by atoms with Crippen molar-refractivity contribution >= 4 is 37.8 Å². The van der Waals surface area contributed by atoms with Gasteiger partial charge in [0.1, 0.15) is 5.82 Å². The molecule has 0 aliphatic rings. The second kappa shape index (κ2) is 5.61. The lowest BCUT2D eigenvalue weighted by Gasteiger charge is -2.09. The lowest BCUT2D eigenvalue weighted by Crippen LogP contribution is -2.07. The minimum absolute atomic E-state index is 0.137. The largest absolute Gasteiger partial charge is 0.469 e. The van der Waals surface area contributed by atoms with E-state index in [1.165, 1.54) is 19.2 Å². The molecule has 15 heavy (non-hydrogen) atoms. The smallest absolute Gasteiger partial charge is 0.310 e. The van der Waals surface area contributed by atoms with Gasteiger partial charge in [0.2, 0.25) is 0 Å². The van der Waals surface area contributed by atoms with Crippen LogP contribution in [0.15, 0.2) is 16.6 Å². The number of methoxy groups -OCH3 is 1. The molecule has 0 fully saturated rings. The van der Waals surface area contributed by atoms with Crippen LogP contribution >= 0.6 is 31.9 Å². The summed E-state index contributed by atoms with van der Waals surface area (Å²) in [6, 6.07) is 2.74. The van der Waals surface area contributed by atoms with E-state index in [4.69, 9.17) is 0 Å². The average Bonchev–Trinajstić information content (AvgIpc) is 2.21. The Morgan fingerprint density at radius 3 is 2.73 bits per heavy atom. The fourth-order valence-corrected chi connectivity index (χ4v) is 2.30. The molecule has 1 aromatic carbocycles. The summed E-state index contributed by atoms with van der Waals surface area (Å²) in [5.74, 6) is -0.672. The number of halogens is 3. The quantitative estimate of drug-likeness (QED) is 0.624. The highest BCUT2D eigenvalue weighted by Gasteiger charge is 2.12. The van der Waals surface area contributed by atoms with E-state index in [0.717, 1.165) is 11.1 Å². The summed E-state index contributed by atoms with van der Waals surface area (Å²) in [6.07, 6.45) is 0.137. The van der Waals surface area contributed by atoms with Crippen LogP contribution in [-0.2, 0) is 21.3 Å². The van der Waals surface area contributed by atoms with E-state index in [2.05, 4.69) is 36.6 Å². The van der Waals surface area contributed by atoms with Gasteiger partial charge in [-0.1, -0.05) is 31.9 Å². The van der Waals surface area contributed by atoms with Gasteiger partial charge in [0.05, 0.1) is 13.5 Å². The van der Waals surface area contributed by atoms with E-state index in [1.54, 1.807) is 0 Å². The molecule has 0 amide bonds. The molecular weight excluding hydrogens is 331 g/mol. The van der Waals surface area contributed by atoms with Gasteiger partial charge in [-0.05, 0) is 23.3 Å². The molecule has 2 nitrogen and oxygen atoms in total. The van der Waals surface area contributed by atoms with Gasteiger partial charge in [0.15, 0.2) is 0 Å². The molecule has 5 heteroatoms. The Morgan fingerprint density at radius 1 is 1.53 bits per heavy atom. The van der Waals surface area contributed by atoms with Crippen LogP contribution in [0.2, 0.25) is 0 Å². The minimum Gasteiger partial charge on any atom is -0.469 e. The Balaban J connectivity index is 3.09. The summed E-state index contributed by atoms with van der Waals surface area (Å²) in [7, 11) is 1.33. The molecule has 0 saturated heterocycles. The molecule has 0 N–H and O–H groups in total. The number of esters is 1. The summed E-state index contributed by atoms with van der Waals surface area (Å²) >= 11 is 6.48. The number of rotatable bonds is 3. The number of ether oxygens (including phenoxy) is 1. The molecular formula is C10H9Br2FO2. The third kappa shape index (κ3) is 3.28. The Morgan fingerprint density at radius 2 is 2.20 bits per heavy atom. The van der Waals surface area contributed by atoms with Gasteiger partial charge in [0, 0.05) is 9.80 Å². The van der Waals surface area contributed by atoms with Crippen molar-refractivity contribution in [3.05, 3.63) is 33.5 Å². The highest BCUT2D eigenvalue weighted by atomic mass is 79.9. The summed E-state index contributed by atoms with van der Waals surface area (Å²) < 4.78 is 18.2. The molecule has 82 valence electrons. The van der Waals surface area contributed by atoms with Gasteiger partial charge in [-0.25, -0.2) is 4.39 Å². The van der Waals surface area contributed by atoms with Crippen molar-refractivity contribution in [2.75, 3.05) is 7.11 Å². The van der Waals surface area contributed by atoms with Crippen LogP contribution in [0, 0.1) is 5.82 Å². The fraction of sp³-hybridized carbons (Fsp3) is 0.300. The Hall–Kier alpha value is -0.420. The van der Waals surface area contributed by atoms with E-state index in [0.29, 0.717) is 9.80 Å². The van der Waals surface area contributed by atoms with Crippen molar-refractivity contribution in [3.63, 3.8) is 0 Å². The van der Waals surface area contributed by atoms with Crippen LogP contribution in [0.5, 0.6) is 0 Å². The topological polar surface area (TPSA) is 26.3 Å². The average molecular weight is 340 g/mol. The minimum atomic E-state index is -0.343. The first-order chi connectivity index (χ1) is 7.08. The predicted octanol–water partition coefficient (Wildman–Crippen LogP) is 3.20. The molecule has 0 bridgehead atoms. The van der Waals surface area contributed by atoms with E-state index in [9.17, 15) is 9.18 Å². The molecule has 0 aliphatic carbocycles. The first-order valence-corrected chi connectivity index (χ1v) is 6.09. The number of alkyl halides is 1. The molecule has 0 atom stereocenters. The lowest BCUT2D eigenvalue weighted by molar-refractivity contribution is -0.139. The van der Waals surface area contributed by atoms with Gasteiger partial charge in [-0.3, -0.25) is 4.79 Å². The SMILES string of the molecule is COC(=O)Cc1c(Br)cc(F)cc1CBr. The second-order valence-electron chi connectivity index (χ2n) is 2.91. The molecule has 1 rings (SSSR count). The molecule has 0 saturated carbocycles. The van der Waals surface area contributed by atoms with Crippen LogP contribution in [0.1, 0.15) is 11.1 Å². The molecule has 0 unspecified atom stereocenters. The third-order valence-corrected chi connectivity index (χ3v) is 3.26. The maximum Gasteiger partial charge on any atom is 0.310 e. The Kier molecular flexibility index (Phi) is 4.73. The number of benzene rings is 1. The lowest BCUT2D eigenvalue weighted by atomic mass is 10.1. The zero-order chi connectivity index (χ0) is 11.4. The summed E-state index contributed by atoms with van der Waals surface area (Å²) in [6.45, 7) is 0. The highest BCUT2D eigenvalue weighted by molar-refractivity contribution is 9.10. The molecule has 0 spiro atoms. The standard InChI is InChI=1S/C10H9Br2FO2/c1-15-10(14)4-8-6(5-11)2-7(13)3-9(8)12/h2-3H,4-5H2,1H3. The molecule has 0 heterocycles. The van der Waals surface area contributed by atoms with Crippen molar-refractivity contribution < 1.29 is 13.9 Å². The normalized spacial score (nSPS) is 10.1. The fourth-order valence-electron chi connectivity index (χ4n) is 1.19. The molecule has 0 radical (unpaired) electrons. The number of hydrogen-bond acceptors (Lipinski definition) is 2. The van der Waals surface area contributed by atoms with Gasteiger partial charge in [0.25, 0.3) is 0 Å². The third-order valence-electron chi connectivity index (χ3n) is 1.95. The van der Waals surface area contributed by atoms with Crippen LogP contribution in [0.3, 0.4) is 0 Å². The van der Waals surface area contributed by atoms with Gasteiger partial charge < -0.3 is 4.74 Å². The first-order valence-electron chi connectivity index (χ1n) is 4.18. The van der Waals surface area contributed by atoms with Gasteiger partial charge >= 0.3 is 5.97 Å². The van der Waals surface area contributed by atoms with Gasteiger partial charge in [-0.2, -0.15) is 0 Å². The maximum absolute atomic E-state index is 13.0. The summed E-state index contributed by atoms with van der Waals surface area (Å²) in [4.78, 5) is 11.1. The molecule has 0 aliphatic heterocycles. The van der Waals surface area contributed by atoms with Crippen LogP contribution in [0.25, 0.3) is 0 Å². The second-order valence-corrected chi connectivity index (χ2v) is 4.33. The number of hydrogen-bond donors (Lipinski definition) is 0. The number of carbonyl (C=O) groups is 1. The van der Waals surface area contributed by atoms with E-state index < -0.39 is 0 Å². The van der Waals surface area contributed by atoms with Crippen molar-refractivity contribution in [3.8, 4) is 0 Å². The van der Waals surface area contributed by atoms with Crippen molar-refractivity contribution in [1.29, 1.82) is 0 Å². The number of carbonyl (C=O) groups excluding carboxylic acids is 1. The van der Waals surface area contributed by atoms with Crippen molar-refractivity contribution in [2.45, 2.75) is 11.8 Å². The van der Waals surface area contributed by atoms with Crippen LogP contribution < -0.4 is 0 Å². The van der Waals surface area contributed by atoms with Crippen molar-refractivity contribution in [2.24, 2.45) is 0 Å². The zero-order valence-corrected chi connectivity index (χ0v) is 11.2. The molecule has 0 aromatic heterocycles. The molecule has 1 aromatic rings. The summed E-state index contributed by atoms with van der Waals surface area (Å²) in [5.41, 5.74) is 1.49. The predicted molar refractivity (Wildman–Crippen MR) is 62.5 cm³/mol.